The average molecular weight is 301 g/mol. The quantitative estimate of drug-likeness (QED) is 0.777. The number of hydrogen-bond acceptors (Lipinski definition) is 5. The zero-order valence-electron chi connectivity index (χ0n) is 10.9. The number of hydrogen-bond donors (Lipinski definition) is 2. The lowest BCUT2D eigenvalue weighted by Gasteiger charge is -2.25. The van der Waals surface area contributed by atoms with Gasteiger partial charge < -0.3 is 24.8 Å². The molecule has 0 spiro atoms. The summed E-state index contributed by atoms with van der Waals surface area (Å²) in [5, 5.41) is 5.91. The van der Waals surface area contributed by atoms with Crippen molar-refractivity contribution in [2.24, 2.45) is 5.92 Å². The third kappa shape index (κ3) is 3.26. The Morgan fingerprint density at radius 3 is 2.90 bits per heavy atom. The van der Waals surface area contributed by atoms with Crippen LogP contribution in [0.3, 0.4) is 0 Å². The minimum absolute atomic E-state index is 0. The first-order valence-electron chi connectivity index (χ1n) is 6.34. The van der Waals surface area contributed by atoms with E-state index in [2.05, 4.69) is 10.6 Å². The minimum atomic E-state index is 0. The zero-order valence-corrected chi connectivity index (χ0v) is 11.7. The summed E-state index contributed by atoms with van der Waals surface area (Å²) in [6.45, 7) is 2.74. The topological polar surface area (TPSA) is 68.8 Å². The maximum Gasteiger partial charge on any atom is 0.231 e. The maximum absolute atomic E-state index is 11.5. The summed E-state index contributed by atoms with van der Waals surface area (Å²) >= 11 is 0. The van der Waals surface area contributed by atoms with E-state index in [4.69, 9.17) is 14.2 Å². The van der Waals surface area contributed by atoms with Crippen LogP contribution in [0.4, 0.5) is 0 Å². The smallest absolute Gasteiger partial charge is 0.231 e. The van der Waals surface area contributed by atoms with Crippen molar-refractivity contribution in [3.63, 3.8) is 0 Å². The molecule has 2 aliphatic heterocycles. The summed E-state index contributed by atoms with van der Waals surface area (Å²) in [6.07, 6.45) is 0. The molecule has 20 heavy (non-hydrogen) atoms. The molecule has 2 aliphatic rings. The highest BCUT2D eigenvalue weighted by Gasteiger charge is 2.24. The Morgan fingerprint density at radius 1 is 1.35 bits per heavy atom. The molecule has 0 radical (unpaired) electrons. The Morgan fingerprint density at radius 2 is 2.15 bits per heavy atom. The molecule has 0 saturated carbocycles. The molecule has 1 saturated heterocycles. The summed E-state index contributed by atoms with van der Waals surface area (Å²) in [7, 11) is 0. The van der Waals surface area contributed by atoms with Gasteiger partial charge in [-0.2, -0.15) is 0 Å². The van der Waals surface area contributed by atoms with Crippen LogP contribution in [0.5, 0.6) is 17.2 Å². The molecule has 1 amide bonds. The van der Waals surface area contributed by atoms with Gasteiger partial charge in [-0.05, 0) is 12.1 Å². The van der Waals surface area contributed by atoms with Crippen molar-refractivity contribution in [2.75, 3.05) is 33.0 Å². The largest absolute Gasteiger partial charge is 0.492 e. The molecular weight excluding hydrogens is 284 g/mol. The van der Waals surface area contributed by atoms with Gasteiger partial charge in [-0.25, -0.2) is 0 Å². The summed E-state index contributed by atoms with van der Waals surface area (Å²) in [5.41, 5.74) is 0. The van der Waals surface area contributed by atoms with E-state index in [-0.39, 0.29) is 31.0 Å². The van der Waals surface area contributed by atoms with Gasteiger partial charge in [0.1, 0.15) is 12.4 Å². The van der Waals surface area contributed by atoms with Crippen LogP contribution in [0.15, 0.2) is 18.2 Å². The SMILES string of the molecule is Cl.O=C(NCCOc1ccc2c(c1)OCO2)C1CNC1. The fraction of sp³-hybridized carbons (Fsp3) is 0.462. The van der Waals surface area contributed by atoms with Crippen LogP contribution in [-0.2, 0) is 4.79 Å². The maximum atomic E-state index is 11.5. The third-order valence-corrected chi connectivity index (χ3v) is 3.17. The van der Waals surface area contributed by atoms with E-state index < -0.39 is 0 Å². The van der Waals surface area contributed by atoms with Gasteiger partial charge in [0.2, 0.25) is 12.7 Å². The number of benzene rings is 1. The van der Waals surface area contributed by atoms with Gasteiger partial charge in [0.15, 0.2) is 11.5 Å². The zero-order chi connectivity index (χ0) is 13.1. The monoisotopic (exact) mass is 300 g/mol. The molecule has 110 valence electrons. The van der Waals surface area contributed by atoms with Gasteiger partial charge in [0, 0.05) is 19.2 Å². The van der Waals surface area contributed by atoms with Crippen LogP contribution >= 0.6 is 12.4 Å². The fourth-order valence-corrected chi connectivity index (χ4v) is 1.93. The first-order valence-corrected chi connectivity index (χ1v) is 6.34. The van der Waals surface area contributed by atoms with E-state index >= 15 is 0 Å². The number of ether oxygens (including phenoxy) is 3. The van der Waals surface area contributed by atoms with Crippen LogP contribution in [-0.4, -0.2) is 38.9 Å². The third-order valence-electron chi connectivity index (χ3n) is 3.17. The normalized spacial score (nSPS) is 16.0. The van der Waals surface area contributed by atoms with Crippen LogP contribution in [0.2, 0.25) is 0 Å². The highest BCUT2D eigenvalue weighted by Crippen LogP contribution is 2.34. The molecule has 6 nitrogen and oxygen atoms in total. The molecule has 0 unspecified atom stereocenters. The van der Waals surface area contributed by atoms with Crippen LogP contribution in [0.25, 0.3) is 0 Å². The molecule has 2 heterocycles. The van der Waals surface area contributed by atoms with E-state index in [1.807, 2.05) is 12.1 Å². The van der Waals surface area contributed by atoms with Crippen molar-refractivity contribution in [1.82, 2.24) is 10.6 Å². The molecule has 1 aromatic rings. The number of carbonyl (C=O) groups excluding carboxylic acids is 1. The van der Waals surface area contributed by atoms with E-state index in [9.17, 15) is 4.79 Å². The number of rotatable bonds is 5. The Balaban J connectivity index is 0.00000147. The molecule has 0 bridgehead atoms. The predicted molar refractivity (Wildman–Crippen MR) is 74.7 cm³/mol. The molecule has 2 N–H and O–H groups in total. The Labute approximate surface area is 123 Å². The lowest BCUT2D eigenvalue weighted by atomic mass is 10.0. The summed E-state index contributed by atoms with van der Waals surface area (Å²) in [5.74, 6) is 2.35. The van der Waals surface area contributed by atoms with E-state index in [0.29, 0.717) is 24.7 Å². The molecule has 0 aromatic heterocycles. The molecule has 7 heteroatoms. The van der Waals surface area contributed by atoms with Gasteiger partial charge in [0.05, 0.1) is 12.5 Å². The van der Waals surface area contributed by atoms with Crippen molar-refractivity contribution >= 4 is 18.3 Å². The van der Waals surface area contributed by atoms with Crippen molar-refractivity contribution in [1.29, 1.82) is 0 Å². The van der Waals surface area contributed by atoms with Crippen molar-refractivity contribution < 1.29 is 19.0 Å². The van der Waals surface area contributed by atoms with E-state index in [1.54, 1.807) is 6.07 Å². The van der Waals surface area contributed by atoms with Gasteiger partial charge in [-0.15, -0.1) is 12.4 Å². The first kappa shape index (κ1) is 14.7. The van der Waals surface area contributed by atoms with Crippen LogP contribution in [0, 0.1) is 5.92 Å². The fourth-order valence-electron chi connectivity index (χ4n) is 1.93. The number of fused-ring (bicyclic) bond motifs is 1. The standard InChI is InChI=1S/C13H16N2O4.ClH/c16-13(9-6-14-7-9)15-3-4-17-10-1-2-11-12(5-10)19-8-18-11;/h1-2,5,9,14H,3-4,6-8H2,(H,15,16);1H. The second kappa shape index (κ2) is 6.67. The second-order valence-electron chi connectivity index (χ2n) is 4.51. The van der Waals surface area contributed by atoms with E-state index in [0.717, 1.165) is 18.8 Å². The molecular formula is C13H17ClN2O4. The van der Waals surface area contributed by atoms with Gasteiger partial charge in [0.25, 0.3) is 0 Å². The highest BCUT2D eigenvalue weighted by atomic mass is 35.5. The predicted octanol–water partition coefficient (Wildman–Crippen LogP) is 0.551. The Hall–Kier alpha value is -1.66. The highest BCUT2D eigenvalue weighted by molar-refractivity contribution is 5.85. The Kier molecular flexibility index (Phi) is 4.92. The van der Waals surface area contributed by atoms with Crippen LogP contribution in [0.1, 0.15) is 0 Å². The molecule has 0 atom stereocenters. The molecule has 1 fully saturated rings. The summed E-state index contributed by atoms with van der Waals surface area (Å²) in [6, 6.07) is 5.43. The lowest BCUT2D eigenvalue weighted by molar-refractivity contribution is -0.126. The van der Waals surface area contributed by atoms with Crippen molar-refractivity contribution in [3.05, 3.63) is 18.2 Å². The number of carbonyl (C=O) groups is 1. The van der Waals surface area contributed by atoms with Gasteiger partial charge in [-0.3, -0.25) is 4.79 Å². The number of nitrogens with one attached hydrogen (secondary N) is 2. The molecule has 0 aliphatic carbocycles. The van der Waals surface area contributed by atoms with Crippen LogP contribution < -0.4 is 24.8 Å². The van der Waals surface area contributed by atoms with Gasteiger partial charge >= 0.3 is 0 Å². The van der Waals surface area contributed by atoms with Crippen molar-refractivity contribution in [2.45, 2.75) is 0 Å². The first-order chi connectivity index (χ1) is 9.33. The van der Waals surface area contributed by atoms with E-state index in [1.165, 1.54) is 0 Å². The summed E-state index contributed by atoms with van der Waals surface area (Å²) < 4.78 is 16.0. The van der Waals surface area contributed by atoms with Crippen molar-refractivity contribution in [3.8, 4) is 17.2 Å². The summed E-state index contributed by atoms with van der Waals surface area (Å²) in [4.78, 5) is 11.5. The second-order valence-corrected chi connectivity index (χ2v) is 4.51. The minimum Gasteiger partial charge on any atom is -0.492 e. The Bertz CT molecular complexity index is 479. The van der Waals surface area contributed by atoms with Gasteiger partial charge in [-0.1, -0.05) is 0 Å². The number of amides is 1. The molecule has 3 rings (SSSR count). The lowest BCUT2D eigenvalue weighted by Crippen LogP contribution is -2.51. The average Bonchev–Trinajstić information content (AvgIpc) is 2.79. The molecule has 1 aromatic carbocycles. The number of halogens is 1.